The zero-order valence-electron chi connectivity index (χ0n) is 11.1. The molecular weight excluding hydrogens is 335 g/mol. The number of aromatic nitrogens is 4. The molecule has 0 bridgehead atoms. The number of nitrogens with zero attached hydrogens (tertiary/aromatic N) is 3. The summed E-state index contributed by atoms with van der Waals surface area (Å²) in [5, 5.41) is 9.97. The number of rotatable bonds is 4. The number of imidazole rings is 1. The quantitative estimate of drug-likeness (QED) is 0.511. The maximum absolute atomic E-state index is 11.6. The van der Waals surface area contributed by atoms with Crippen molar-refractivity contribution >= 4 is 29.7 Å². The first kappa shape index (κ1) is 15.7. The number of nitrogens with one attached hydrogen (secondary N) is 1. The summed E-state index contributed by atoms with van der Waals surface area (Å²) in [5.41, 5.74) is 0.127. The van der Waals surface area contributed by atoms with Gasteiger partial charge in [-0.15, -0.1) is 0 Å². The molecule has 3 rings (SSSR count). The summed E-state index contributed by atoms with van der Waals surface area (Å²) in [6.45, 7) is -4.05. The molecule has 2 aromatic rings. The summed E-state index contributed by atoms with van der Waals surface area (Å²) in [4.78, 5) is 40.1. The van der Waals surface area contributed by atoms with Crippen LogP contribution in [0.2, 0.25) is 0 Å². The summed E-state index contributed by atoms with van der Waals surface area (Å²) in [6.07, 6.45) is 0.613. The molecule has 22 heavy (non-hydrogen) atoms. The molecular formula is C10H13N4O6PS. The van der Waals surface area contributed by atoms with Gasteiger partial charge in [-0.2, -0.15) is 0 Å². The van der Waals surface area contributed by atoms with Crippen molar-refractivity contribution in [2.45, 2.75) is 24.9 Å². The third-order valence-corrected chi connectivity index (χ3v) is 4.09. The molecule has 1 unspecified atom stereocenters. The van der Waals surface area contributed by atoms with Gasteiger partial charge in [0.1, 0.15) is 12.3 Å². The maximum Gasteiger partial charge on any atom is 0.321 e. The molecule has 4 N–H and O–H groups in total. The summed E-state index contributed by atoms with van der Waals surface area (Å²) in [6, 6.07) is 0. The number of H-pyrrole nitrogens is 1. The second kappa shape index (κ2) is 5.78. The number of hydrogen-bond donors (Lipinski definition) is 4. The highest BCUT2D eigenvalue weighted by atomic mass is 32.5. The van der Waals surface area contributed by atoms with E-state index in [0.717, 1.165) is 0 Å². The molecule has 0 amide bonds. The Kier molecular flexibility index (Phi) is 4.12. The van der Waals surface area contributed by atoms with Gasteiger partial charge in [0.05, 0.1) is 25.4 Å². The van der Waals surface area contributed by atoms with Gasteiger partial charge in [-0.05, 0) is 11.8 Å². The second-order valence-corrected chi connectivity index (χ2v) is 7.44. The molecule has 1 saturated heterocycles. The van der Waals surface area contributed by atoms with E-state index in [1.807, 2.05) is 0 Å². The lowest BCUT2D eigenvalue weighted by atomic mass is 10.2. The molecule has 0 spiro atoms. The van der Waals surface area contributed by atoms with Gasteiger partial charge >= 0.3 is 6.72 Å². The van der Waals surface area contributed by atoms with Gasteiger partial charge < -0.3 is 29.1 Å². The topological polar surface area (TPSA) is 143 Å². The van der Waals surface area contributed by atoms with E-state index in [0.29, 0.717) is 5.65 Å². The third-order valence-electron chi connectivity index (χ3n) is 3.29. The molecule has 1 aliphatic rings. The number of aliphatic hydroxyl groups excluding tert-OH is 1. The fourth-order valence-electron chi connectivity index (χ4n) is 2.28. The Morgan fingerprint density at radius 2 is 2.32 bits per heavy atom. The molecule has 1 aliphatic heterocycles. The van der Waals surface area contributed by atoms with Crippen LogP contribution in [0.25, 0.3) is 11.2 Å². The number of hydrogen-bond acceptors (Lipinski definition) is 7. The van der Waals surface area contributed by atoms with E-state index in [2.05, 4.69) is 26.8 Å². The Labute approximate surface area is 128 Å². The molecule has 2 aromatic heterocycles. The third kappa shape index (κ3) is 3.10. The van der Waals surface area contributed by atoms with Crippen LogP contribution in [-0.2, 0) is 21.1 Å². The van der Waals surface area contributed by atoms with E-state index in [4.69, 9.17) is 19.0 Å². The molecule has 1 fully saturated rings. The van der Waals surface area contributed by atoms with Crippen molar-refractivity contribution in [1.29, 1.82) is 0 Å². The Hall–Kier alpha value is -1.20. The van der Waals surface area contributed by atoms with Crippen LogP contribution in [0.1, 0.15) is 12.6 Å². The van der Waals surface area contributed by atoms with Gasteiger partial charge in [-0.25, -0.2) is 9.97 Å². The molecule has 120 valence electrons. The minimum atomic E-state index is -3.80. The summed E-state index contributed by atoms with van der Waals surface area (Å²) >= 11 is 4.34. The summed E-state index contributed by atoms with van der Waals surface area (Å²) in [5.74, 6) is 0. The zero-order valence-corrected chi connectivity index (χ0v) is 12.8. The number of aromatic amines is 1. The van der Waals surface area contributed by atoms with Gasteiger partial charge in [-0.3, -0.25) is 9.36 Å². The predicted molar refractivity (Wildman–Crippen MR) is 77.4 cm³/mol. The second-order valence-electron chi connectivity index (χ2n) is 4.77. The molecule has 0 aliphatic carbocycles. The smallest absolute Gasteiger partial charge is 0.321 e. The summed E-state index contributed by atoms with van der Waals surface area (Å²) in [7, 11) is 0. The van der Waals surface area contributed by atoms with Crippen LogP contribution in [0.5, 0.6) is 0 Å². The van der Waals surface area contributed by atoms with Crippen LogP contribution in [0.15, 0.2) is 17.4 Å². The highest BCUT2D eigenvalue weighted by molar-refractivity contribution is 8.06. The highest BCUT2D eigenvalue weighted by Gasteiger charge is 2.36. The van der Waals surface area contributed by atoms with Crippen LogP contribution in [0, 0.1) is 0 Å². The van der Waals surface area contributed by atoms with Crippen molar-refractivity contribution in [1.82, 2.24) is 19.5 Å². The largest absolute Gasteiger partial charge is 0.390 e. The zero-order chi connectivity index (χ0) is 15.9. The first-order chi connectivity index (χ1) is 10.3. The molecule has 3 heterocycles. The minimum Gasteiger partial charge on any atom is -0.390 e. The standard InChI is InChI=1S/C10H13N4O6PS/c15-5-1-7(20-6(5)2-19-21(17,18)22)14-4-13-8-9(14)11-3-12-10(8)16/h3-7,15H,1-2H2,(H,11,12,16)(H2,17,18,22)/t5-,6?,7-/m1/s1. The lowest BCUT2D eigenvalue weighted by molar-refractivity contribution is -0.0399. The van der Waals surface area contributed by atoms with Crippen molar-refractivity contribution in [2.75, 3.05) is 6.61 Å². The lowest BCUT2D eigenvalue weighted by Crippen LogP contribution is -2.25. The number of aliphatic hydroxyl groups is 1. The van der Waals surface area contributed by atoms with E-state index < -0.39 is 25.2 Å². The highest BCUT2D eigenvalue weighted by Crippen LogP contribution is 2.38. The van der Waals surface area contributed by atoms with Crippen LogP contribution < -0.4 is 5.56 Å². The summed E-state index contributed by atoms with van der Waals surface area (Å²) < 4.78 is 11.8. The molecule has 12 heteroatoms. The van der Waals surface area contributed by atoms with Gasteiger partial charge in [0, 0.05) is 6.42 Å². The molecule has 3 atom stereocenters. The Balaban J connectivity index is 1.80. The maximum atomic E-state index is 11.6. The molecule has 0 radical (unpaired) electrons. The van der Waals surface area contributed by atoms with Crippen LogP contribution in [0.4, 0.5) is 0 Å². The van der Waals surface area contributed by atoms with E-state index in [9.17, 15) is 9.90 Å². The molecule has 0 saturated carbocycles. The van der Waals surface area contributed by atoms with E-state index in [-0.39, 0.29) is 24.1 Å². The van der Waals surface area contributed by atoms with E-state index >= 15 is 0 Å². The Morgan fingerprint density at radius 3 is 3.05 bits per heavy atom. The fourth-order valence-corrected chi connectivity index (χ4v) is 2.80. The molecule has 0 aromatic carbocycles. The van der Waals surface area contributed by atoms with Crippen molar-refractivity contribution < 1.29 is 24.2 Å². The van der Waals surface area contributed by atoms with Crippen molar-refractivity contribution in [3.8, 4) is 0 Å². The minimum absolute atomic E-state index is 0.168. The number of fused-ring (bicyclic) bond motifs is 1. The number of ether oxygens (including phenoxy) is 1. The lowest BCUT2D eigenvalue weighted by Gasteiger charge is -2.17. The Morgan fingerprint density at radius 1 is 1.55 bits per heavy atom. The monoisotopic (exact) mass is 348 g/mol. The van der Waals surface area contributed by atoms with Crippen molar-refractivity contribution in [3.05, 3.63) is 23.0 Å². The van der Waals surface area contributed by atoms with Crippen molar-refractivity contribution in [3.63, 3.8) is 0 Å². The van der Waals surface area contributed by atoms with Gasteiger partial charge in [0.2, 0.25) is 0 Å². The SMILES string of the molecule is O=c1[nH]cnc2c1ncn2[C@H]1C[C@@H](O)C(COP(O)(O)=S)O1. The van der Waals surface area contributed by atoms with Crippen LogP contribution in [0.3, 0.4) is 0 Å². The average molecular weight is 348 g/mol. The fraction of sp³-hybridized carbons (Fsp3) is 0.500. The van der Waals surface area contributed by atoms with Gasteiger partial charge in [0.15, 0.2) is 11.2 Å². The van der Waals surface area contributed by atoms with E-state index in [1.54, 1.807) is 0 Å². The average Bonchev–Trinajstić information content (AvgIpc) is 3.00. The Bertz CT molecular complexity index is 787. The van der Waals surface area contributed by atoms with Gasteiger partial charge in [-0.1, -0.05) is 0 Å². The normalized spacial score (nSPS) is 25.9. The first-order valence-corrected chi connectivity index (χ1v) is 8.91. The van der Waals surface area contributed by atoms with Crippen LogP contribution >= 0.6 is 6.72 Å². The van der Waals surface area contributed by atoms with Crippen LogP contribution in [-0.4, -0.2) is 53.2 Å². The van der Waals surface area contributed by atoms with Gasteiger partial charge in [0.25, 0.3) is 5.56 Å². The molecule has 10 nitrogen and oxygen atoms in total. The first-order valence-electron chi connectivity index (χ1n) is 6.29. The van der Waals surface area contributed by atoms with Crippen molar-refractivity contribution in [2.24, 2.45) is 0 Å². The predicted octanol–water partition coefficient (Wildman–Crippen LogP) is -1.01. The van der Waals surface area contributed by atoms with E-state index in [1.165, 1.54) is 17.2 Å².